The van der Waals surface area contributed by atoms with Crippen LogP contribution < -0.4 is 9.47 Å². The molecule has 0 atom stereocenters. The van der Waals surface area contributed by atoms with Crippen molar-refractivity contribution in [2.75, 3.05) is 5.33 Å². The number of rotatable bonds is 3. The van der Waals surface area contributed by atoms with Crippen LogP contribution in [0.5, 0.6) is 11.5 Å². The number of halogens is 3. The lowest BCUT2D eigenvalue weighted by Crippen LogP contribution is -2.25. The van der Waals surface area contributed by atoms with Gasteiger partial charge in [0.15, 0.2) is 11.5 Å². The zero-order valence-electron chi connectivity index (χ0n) is 7.80. The Kier molecular flexibility index (Phi) is 2.82. The van der Waals surface area contributed by atoms with Crippen molar-refractivity contribution in [2.45, 2.75) is 19.1 Å². The fraction of sp³-hybridized carbons (Fsp3) is 0.400. The van der Waals surface area contributed by atoms with Gasteiger partial charge >= 0.3 is 6.29 Å². The number of aryl methyl sites for hydroxylation is 1. The first-order valence-corrected chi connectivity index (χ1v) is 5.67. The van der Waals surface area contributed by atoms with Gasteiger partial charge in [0.25, 0.3) is 0 Å². The summed E-state index contributed by atoms with van der Waals surface area (Å²) in [7, 11) is 0. The molecule has 0 unspecified atom stereocenters. The van der Waals surface area contributed by atoms with E-state index in [-0.39, 0.29) is 11.5 Å². The second-order valence-corrected chi connectivity index (χ2v) is 4.03. The van der Waals surface area contributed by atoms with Crippen LogP contribution >= 0.6 is 15.9 Å². The van der Waals surface area contributed by atoms with E-state index < -0.39 is 6.29 Å². The van der Waals surface area contributed by atoms with E-state index in [9.17, 15) is 8.78 Å². The van der Waals surface area contributed by atoms with Crippen LogP contribution in [-0.4, -0.2) is 11.6 Å². The molecule has 0 spiro atoms. The van der Waals surface area contributed by atoms with Crippen LogP contribution in [0.4, 0.5) is 8.78 Å². The van der Waals surface area contributed by atoms with Crippen LogP contribution in [0.3, 0.4) is 0 Å². The van der Waals surface area contributed by atoms with Gasteiger partial charge in [-0.1, -0.05) is 22.0 Å². The molecule has 0 N–H and O–H groups in total. The van der Waals surface area contributed by atoms with Crippen LogP contribution in [0.1, 0.15) is 12.0 Å². The maximum absolute atomic E-state index is 12.7. The van der Waals surface area contributed by atoms with E-state index in [0.717, 1.165) is 23.7 Å². The largest absolute Gasteiger partial charge is 0.586 e. The molecule has 2 nitrogen and oxygen atoms in total. The minimum absolute atomic E-state index is 0.0996. The average Bonchev–Trinajstić information content (AvgIpc) is 2.47. The summed E-state index contributed by atoms with van der Waals surface area (Å²) in [5.74, 6) is 0.217. The van der Waals surface area contributed by atoms with Crippen molar-refractivity contribution >= 4 is 15.9 Å². The van der Waals surface area contributed by atoms with Crippen molar-refractivity contribution in [3.8, 4) is 11.5 Å². The van der Waals surface area contributed by atoms with E-state index in [2.05, 4.69) is 25.4 Å². The fourth-order valence-corrected chi connectivity index (χ4v) is 1.70. The molecule has 0 saturated carbocycles. The van der Waals surface area contributed by atoms with Gasteiger partial charge in [-0.15, -0.1) is 8.78 Å². The summed E-state index contributed by atoms with van der Waals surface area (Å²) in [6.07, 6.45) is -1.74. The Labute approximate surface area is 94.3 Å². The molecule has 0 aromatic heterocycles. The van der Waals surface area contributed by atoms with Crippen LogP contribution in [0, 0.1) is 0 Å². The van der Waals surface area contributed by atoms with Gasteiger partial charge < -0.3 is 9.47 Å². The number of alkyl halides is 3. The molecular formula is C10H9BrF2O2. The molecule has 0 saturated heterocycles. The number of hydrogen-bond acceptors (Lipinski definition) is 2. The molecule has 1 heterocycles. The first-order chi connectivity index (χ1) is 7.11. The second kappa shape index (κ2) is 3.96. The lowest BCUT2D eigenvalue weighted by molar-refractivity contribution is -0.286. The molecule has 5 heteroatoms. The Morgan fingerprint density at radius 3 is 2.67 bits per heavy atom. The molecule has 2 rings (SSSR count). The van der Waals surface area contributed by atoms with Crippen LogP contribution in [0.15, 0.2) is 18.2 Å². The Morgan fingerprint density at radius 1 is 1.20 bits per heavy atom. The number of ether oxygens (including phenoxy) is 2. The zero-order chi connectivity index (χ0) is 10.9. The smallest absolute Gasteiger partial charge is 0.395 e. The highest BCUT2D eigenvalue weighted by atomic mass is 79.9. The summed E-state index contributed by atoms with van der Waals surface area (Å²) in [6, 6.07) is 4.88. The standard InChI is InChI=1S/C10H9BrF2O2/c11-5-1-2-7-3-4-8-9(6-7)15-10(12,13)14-8/h3-4,6H,1-2,5H2. The number of hydrogen-bond donors (Lipinski definition) is 0. The molecule has 15 heavy (non-hydrogen) atoms. The maximum atomic E-state index is 12.7. The summed E-state index contributed by atoms with van der Waals surface area (Å²) < 4.78 is 34.0. The quantitative estimate of drug-likeness (QED) is 0.790. The Balaban J connectivity index is 2.15. The van der Waals surface area contributed by atoms with Crippen LogP contribution in [0.2, 0.25) is 0 Å². The van der Waals surface area contributed by atoms with Gasteiger partial charge in [-0.05, 0) is 30.5 Å². The molecule has 1 aliphatic rings. The van der Waals surface area contributed by atoms with Crippen molar-refractivity contribution in [1.29, 1.82) is 0 Å². The number of fused-ring (bicyclic) bond motifs is 1. The summed E-state index contributed by atoms with van der Waals surface area (Å²) >= 11 is 3.31. The normalized spacial score (nSPS) is 16.7. The van der Waals surface area contributed by atoms with Crippen molar-refractivity contribution in [1.82, 2.24) is 0 Å². The zero-order valence-corrected chi connectivity index (χ0v) is 9.39. The van der Waals surface area contributed by atoms with Crippen LogP contribution in [0.25, 0.3) is 0 Å². The van der Waals surface area contributed by atoms with E-state index in [1.165, 1.54) is 6.07 Å². The van der Waals surface area contributed by atoms with E-state index in [4.69, 9.17) is 0 Å². The van der Waals surface area contributed by atoms with Gasteiger partial charge in [0.2, 0.25) is 0 Å². The maximum Gasteiger partial charge on any atom is 0.586 e. The van der Waals surface area contributed by atoms with Gasteiger partial charge in [-0.3, -0.25) is 0 Å². The molecule has 1 aromatic rings. The summed E-state index contributed by atoms with van der Waals surface area (Å²) in [6.45, 7) is 0. The summed E-state index contributed by atoms with van der Waals surface area (Å²) in [5.41, 5.74) is 0.967. The molecule has 0 radical (unpaired) electrons. The third kappa shape index (κ3) is 2.40. The number of benzene rings is 1. The predicted octanol–water partition coefficient (Wildman–Crippen LogP) is 3.34. The Morgan fingerprint density at radius 2 is 1.93 bits per heavy atom. The Bertz CT molecular complexity index is 368. The highest BCUT2D eigenvalue weighted by Gasteiger charge is 2.43. The lowest BCUT2D eigenvalue weighted by atomic mass is 10.1. The second-order valence-electron chi connectivity index (χ2n) is 3.24. The minimum Gasteiger partial charge on any atom is -0.395 e. The van der Waals surface area contributed by atoms with E-state index in [1.807, 2.05) is 0 Å². The van der Waals surface area contributed by atoms with Gasteiger partial charge in [0.05, 0.1) is 0 Å². The van der Waals surface area contributed by atoms with Crippen molar-refractivity contribution in [2.24, 2.45) is 0 Å². The van der Waals surface area contributed by atoms with E-state index in [0.29, 0.717) is 0 Å². The van der Waals surface area contributed by atoms with Gasteiger partial charge in [-0.2, -0.15) is 0 Å². The predicted molar refractivity (Wildman–Crippen MR) is 54.8 cm³/mol. The fourth-order valence-electron chi connectivity index (χ4n) is 1.42. The van der Waals surface area contributed by atoms with Gasteiger partial charge in [-0.25, -0.2) is 0 Å². The first kappa shape index (κ1) is 10.7. The van der Waals surface area contributed by atoms with Crippen LogP contribution in [-0.2, 0) is 6.42 Å². The third-order valence-electron chi connectivity index (χ3n) is 2.06. The molecule has 0 fully saturated rings. The molecule has 1 aromatic carbocycles. The van der Waals surface area contributed by atoms with Gasteiger partial charge in [0.1, 0.15) is 0 Å². The highest BCUT2D eigenvalue weighted by molar-refractivity contribution is 9.09. The minimum atomic E-state index is -3.52. The average molecular weight is 279 g/mol. The molecule has 0 aliphatic carbocycles. The Hall–Kier alpha value is -0.840. The van der Waals surface area contributed by atoms with Crippen molar-refractivity contribution in [3.63, 3.8) is 0 Å². The molecule has 82 valence electrons. The third-order valence-corrected chi connectivity index (χ3v) is 2.63. The molecular weight excluding hydrogens is 270 g/mol. The highest BCUT2D eigenvalue weighted by Crippen LogP contribution is 2.41. The van der Waals surface area contributed by atoms with E-state index in [1.54, 1.807) is 12.1 Å². The van der Waals surface area contributed by atoms with Crippen molar-refractivity contribution in [3.05, 3.63) is 23.8 Å². The topological polar surface area (TPSA) is 18.5 Å². The molecule has 0 bridgehead atoms. The first-order valence-electron chi connectivity index (χ1n) is 4.55. The van der Waals surface area contributed by atoms with Gasteiger partial charge in [0, 0.05) is 5.33 Å². The monoisotopic (exact) mass is 278 g/mol. The van der Waals surface area contributed by atoms with Crippen molar-refractivity contribution < 1.29 is 18.3 Å². The summed E-state index contributed by atoms with van der Waals surface area (Å²) in [5, 5.41) is 0.887. The molecule has 1 aliphatic heterocycles. The molecule has 0 amide bonds. The SMILES string of the molecule is FC1(F)Oc2ccc(CCCBr)cc2O1. The van der Waals surface area contributed by atoms with E-state index >= 15 is 0 Å². The summed E-state index contributed by atoms with van der Waals surface area (Å²) in [4.78, 5) is 0. The lowest BCUT2D eigenvalue weighted by Gasteiger charge is -2.04.